The minimum atomic E-state index is -3.43. The standard InChI is InChI=1S/C17H23N5O3S2/c1-12-19-17(21-20-12)26-11-10-18-16(23)9-4-13-2-7-15(8-3-13)27(24,25)22-14-5-6-14/h2-3,7-8,14,22H,4-6,9-11H2,1H3,(H,18,23)(H,19,20,21). The molecule has 1 aliphatic rings. The lowest BCUT2D eigenvalue weighted by atomic mass is 10.1. The summed E-state index contributed by atoms with van der Waals surface area (Å²) < 4.78 is 26.9. The molecule has 27 heavy (non-hydrogen) atoms. The number of H-pyrrole nitrogens is 1. The van der Waals surface area contributed by atoms with Crippen LogP contribution in [0.25, 0.3) is 0 Å². The van der Waals surface area contributed by atoms with Crippen LogP contribution in [0.15, 0.2) is 34.3 Å². The highest BCUT2D eigenvalue weighted by Gasteiger charge is 2.27. The Balaban J connectivity index is 1.37. The normalized spacial score (nSPS) is 14.3. The van der Waals surface area contributed by atoms with E-state index in [1.54, 1.807) is 24.3 Å². The number of thioether (sulfide) groups is 1. The van der Waals surface area contributed by atoms with Gasteiger partial charge in [-0.3, -0.25) is 9.89 Å². The second-order valence-corrected chi connectivity index (χ2v) is 9.22. The van der Waals surface area contributed by atoms with Crippen molar-refractivity contribution in [2.45, 2.75) is 48.7 Å². The van der Waals surface area contributed by atoms with Crippen molar-refractivity contribution in [1.82, 2.24) is 25.2 Å². The summed E-state index contributed by atoms with van der Waals surface area (Å²) in [7, 11) is -3.43. The van der Waals surface area contributed by atoms with E-state index >= 15 is 0 Å². The first kappa shape index (κ1) is 19.8. The largest absolute Gasteiger partial charge is 0.355 e. The number of carbonyl (C=O) groups excluding carboxylic acids is 1. The molecule has 3 N–H and O–H groups in total. The lowest BCUT2D eigenvalue weighted by Gasteiger charge is -2.07. The number of rotatable bonds is 10. The van der Waals surface area contributed by atoms with Crippen molar-refractivity contribution in [1.29, 1.82) is 0 Å². The van der Waals surface area contributed by atoms with E-state index in [-0.39, 0.29) is 16.8 Å². The Morgan fingerprint density at radius 2 is 2.04 bits per heavy atom. The lowest BCUT2D eigenvalue weighted by molar-refractivity contribution is -0.120. The van der Waals surface area contributed by atoms with E-state index < -0.39 is 10.0 Å². The number of sulfonamides is 1. The zero-order chi connectivity index (χ0) is 19.3. The van der Waals surface area contributed by atoms with E-state index in [0.29, 0.717) is 30.3 Å². The van der Waals surface area contributed by atoms with Gasteiger partial charge >= 0.3 is 0 Å². The van der Waals surface area contributed by atoms with Gasteiger partial charge in [-0.1, -0.05) is 23.9 Å². The number of carbonyl (C=O) groups is 1. The van der Waals surface area contributed by atoms with Crippen molar-refractivity contribution in [3.05, 3.63) is 35.7 Å². The second kappa shape index (κ2) is 8.85. The zero-order valence-electron chi connectivity index (χ0n) is 15.1. The van der Waals surface area contributed by atoms with Gasteiger partial charge in [-0.15, -0.1) is 5.10 Å². The molecule has 1 aliphatic carbocycles. The van der Waals surface area contributed by atoms with E-state index in [1.807, 2.05) is 6.92 Å². The molecule has 8 nitrogen and oxygen atoms in total. The van der Waals surface area contributed by atoms with Crippen molar-refractivity contribution >= 4 is 27.7 Å². The van der Waals surface area contributed by atoms with E-state index in [0.717, 1.165) is 24.2 Å². The molecule has 1 aromatic carbocycles. The molecular weight excluding hydrogens is 386 g/mol. The van der Waals surface area contributed by atoms with Gasteiger partial charge in [0.05, 0.1) is 4.90 Å². The van der Waals surface area contributed by atoms with Crippen LogP contribution in [0.1, 0.15) is 30.7 Å². The number of amides is 1. The molecule has 0 spiro atoms. The van der Waals surface area contributed by atoms with Gasteiger partial charge in [0.25, 0.3) is 0 Å². The molecule has 3 rings (SSSR count). The van der Waals surface area contributed by atoms with Crippen LogP contribution in [0.4, 0.5) is 0 Å². The van der Waals surface area contributed by atoms with Gasteiger partial charge in [-0.05, 0) is 43.9 Å². The molecule has 1 heterocycles. The molecule has 1 saturated carbocycles. The number of hydrogen-bond acceptors (Lipinski definition) is 6. The number of aryl methyl sites for hydroxylation is 2. The first-order valence-electron chi connectivity index (χ1n) is 8.82. The third-order valence-electron chi connectivity index (χ3n) is 4.01. The van der Waals surface area contributed by atoms with Gasteiger partial charge in [0.15, 0.2) is 0 Å². The summed E-state index contributed by atoms with van der Waals surface area (Å²) in [6.45, 7) is 2.38. The van der Waals surface area contributed by atoms with Crippen LogP contribution >= 0.6 is 11.8 Å². The fraction of sp³-hybridized carbons (Fsp3) is 0.471. The van der Waals surface area contributed by atoms with Crippen LogP contribution in [-0.2, 0) is 21.2 Å². The van der Waals surface area contributed by atoms with Crippen molar-refractivity contribution in [2.75, 3.05) is 12.3 Å². The summed E-state index contributed by atoms with van der Waals surface area (Å²) in [6.07, 6.45) is 2.73. The molecule has 0 aliphatic heterocycles. The summed E-state index contributed by atoms with van der Waals surface area (Å²) in [6, 6.07) is 6.79. The van der Waals surface area contributed by atoms with Gasteiger partial charge in [0, 0.05) is 24.8 Å². The third kappa shape index (κ3) is 6.33. The molecular formula is C17H23N5O3S2. The average molecular weight is 410 g/mol. The summed E-state index contributed by atoms with van der Waals surface area (Å²) in [5.41, 5.74) is 0.932. The highest BCUT2D eigenvalue weighted by atomic mass is 32.2. The first-order chi connectivity index (χ1) is 12.9. The van der Waals surface area contributed by atoms with E-state index in [9.17, 15) is 13.2 Å². The lowest BCUT2D eigenvalue weighted by Crippen LogP contribution is -2.26. The topological polar surface area (TPSA) is 117 Å². The highest BCUT2D eigenvalue weighted by molar-refractivity contribution is 7.99. The van der Waals surface area contributed by atoms with Crippen LogP contribution in [0.2, 0.25) is 0 Å². The van der Waals surface area contributed by atoms with Gasteiger partial charge in [-0.2, -0.15) is 0 Å². The van der Waals surface area contributed by atoms with Crippen LogP contribution in [-0.4, -0.2) is 47.8 Å². The monoisotopic (exact) mass is 409 g/mol. The fourth-order valence-electron chi connectivity index (χ4n) is 2.39. The Bertz CT molecular complexity index is 876. The van der Waals surface area contributed by atoms with E-state index in [1.165, 1.54) is 11.8 Å². The average Bonchev–Trinajstić information content (AvgIpc) is 3.35. The number of nitrogens with one attached hydrogen (secondary N) is 3. The van der Waals surface area contributed by atoms with Crippen LogP contribution < -0.4 is 10.0 Å². The predicted molar refractivity (Wildman–Crippen MR) is 103 cm³/mol. The van der Waals surface area contributed by atoms with Crippen molar-refractivity contribution < 1.29 is 13.2 Å². The molecule has 1 aromatic heterocycles. The summed E-state index contributed by atoms with van der Waals surface area (Å²) in [5.74, 6) is 1.43. The summed E-state index contributed by atoms with van der Waals surface area (Å²) in [5, 5.41) is 10.3. The second-order valence-electron chi connectivity index (χ2n) is 6.44. The molecule has 1 amide bonds. The molecule has 0 unspecified atom stereocenters. The molecule has 0 bridgehead atoms. The predicted octanol–water partition coefficient (Wildman–Crippen LogP) is 1.39. The third-order valence-corrected chi connectivity index (χ3v) is 6.39. The minimum absolute atomic E-state index is 0.0335. The molecule has 1 fully saturated rings. The van der Waals surface area contributed by atoms with E-state index in [2.05, 4.69) is 25.2 Å². The number of benzene rings is 1. The van der Waals surface area contributed by atoms with Gasteiger partial charge in [0.2, 0.25) is 21.1 Å². The Kier molecular flexibility index (Phi) is 6.51. The Morgan fingerprint density at radius 1 is 1.30 bits per heavy atom. The van der Waals surface area contributed by atoms with Gasteiger partial charge in [-0.25, -0.2) is 18.1 Å². The Hall–Kier alpha value is -1.91. The Labute approximate surface area is 163 Å². The summed E-state index contributed by atoms with van der Waals surface area (Å²) >= 11 is 1.48. The number of nitrogens with zero attached hydrogens (tertiary/aromatic N) is 2. The fourth-order valence-corrected chi connectivity index (χ4v) is 4.39. The molecule has 2 aromatic rings. The Morgan fingerprint density at radius 3 is 2.67 bits per heavy atom. The molecule has 10 heteroatoms. The zero-order valence-corrected chi connectivity index (χ0v) is 16.7. The van der Waals surface area contributed by atoms with Crippen molar-refractivity contribution in [3.63, 3.8) is 0 Å². The van der Waals surface area contributed by atoms with E-state index in [4.69, 9.17) is 0 Å². The van der Waals surface area contributed by atoms with Crippen LogP contribution in [0.3, 0.4) is 0 Å². The smallest absolute Gasteiger partial charge is 0.240 e. The first-order valence-corrected chi connectivity index (χ1v) is 11.3. The maximum atomic E-state index is 12.1. The van der Waals surface area contributed by atoms with Crippen molar-refractivity contribution in [2.24, 2.45) is 0 Å². The van der Waals surface area contributed by atoms with Gasteiger partial charge < -0.3 is 5.32 Å². The number of aromatic nitrogens is 3. The van der Waals surface area contributed by atoms with Gasteiger partial charge in [0.1, 0.15) is 5.82 Å². The van der Waals surface area contributed by atoms with Crippen molar-refractivity contribution in [3.8, 4) is 0 Å². The number of aromatic amines is 1. The maximum Gasteiger partial charge on any atom is 0.240 e. The summed E-state index contributed by atoms with van der Waals surface area (Å²) in [4.78, 5) is 16.4. The number of hydrogen-bond donors (Lipinski definition) is 3. The molecule has 0 radical (unpaired) electrons. The van der Waals surface area contributed by atoms with Crippen LogP contribution in [0, 0.1) is 6.92 Å². The molecule has 146 valence electrons. The highest BCUT2D eigenvalue weighted by Crippen LogP contribution is 2.22. The molecule has 0 atom stereocenters. The maximum absolute atomic E-state index is 12.1. The van der Waals surface area contributed by atoms with Crippen LogP contribution in [0.5, 0.6) is 0 Å². The minimum Gasteiger partial charge on any atom is -0.355 e. The quantitative estimate of drug-likeness (QED) is 0.403. The SMILES string of the molecule is Cc1nc(SCCNC(=O)CCc2ccc(S(=O)(=O)NC3CC3)cc2)n[nH]1. The molecule has 0 saturated heterocycles.